The summed E-state index contributed by atoms with van der Waals surface area (Å²) in [6, 6.07) is 5.04. The molecule has 6 nitrogen and oxygen atoms in total. The van der Waals surface area contributed by atoms with Gasteiger partial charge in [0.05, 0.1) is 0 Å². The van der Waals surface area contributed by atoms with Crippen molar-refractivity contribution in [2.45, 2.75) is 12.8 Å². The SMILES string of the molecule is O=S(=O)(Nc1ccccn1)N1CCCC(CO)C1. The topological polar surface area (TPSA) is 82.5 Å². The molecule has 1 aliphatic rings. The lowest BCUT2D eigenvalue weighted by molar-refractivity contribution is 0.166. The number of anilines is 1. The third kappa shape index (κ3) is 3.18. The normalized spacial score (nSPS) is 21.7. The average molecular weight is 271 g/mol. The van der Waals surface area contributed by atoms with Crippen LogP contribution in [-0.4, -0.2) is 42.5 Å². The number of nitrogens with zero attached hydrogens (tertiary/aromatic N) is 2. The van der Waals surface area contributed by atoms with E-state index in [-0.39, 0.29) is 12.5 Å². The Morgan fingerprint density at radius 2 is 2.33 bits per heavy atom. The van der Waals surface area contributed by atoms with Gasteiger partial charge in [-0.25, -0.2) is 4.98 Å². The molecule has 2 rings (SSSR count). The quantitative estimate of drug-likeness (QED) is 0.832. The first kappa shape index (κ1) is 13.3. The first-order valence-electron chi connectivity index (χ1n) is 5.91. The van der Waals surface area contributed by atoms with Crippen LogP contribution in [0.2, 0.25) is 0 Å². The Hall–Kier alpha value is -1.18. The lowest BCUT2D eigenvalue weighted by atomic mass is 10.0. The van der Waals surface area contributed by atoms with Gasteiger partial charge in [-0.3, -0.25) is 4.72 Å². The fourth-order valence-corrected chi connectivity index (χ4v) is 3.30. The van der Waals surface area contributed by atoms with Crippen LogP contribution in [0.25, 0.3) is 0 Å². The van der Waals surface area contributed by atoms with Crippen LogP contribution < -0.4 is 4.72 Å². The van der Waals surface area contributed by atoms with Crippen LogP contribution in [0.15, 0.2) is 24.4 Å². The molecule has 100 valence electrons. The molecule has 1 saturated heterocycles. The second-order valence-corrected chi connectivity index (χ2v) is 6.04. The zero-order valence-electron chi connectivity index (χ0n) is 9.99. The molecule has 1 unspecified atom stereocenters. The molecule has 18 heavy (non-hydrogen) atoms. The van der Waals surface area contributed by atoms with Crippen LogP contribution in [0.1, 0.15) is 12.8 Å². The largest absolute Gasteiger partial charge is 0.396 e. The Morgan fingerprint density at radius 3 is 3.00 bits per heavy atom. The zero-order valence-corrected chi connectivity index (χ0v) is 10.8. The van der Waals surface area contributed by atoms with Crippen molar-refractivity contribution < 1.29 is 13.5 Å². The maximum Gasteiger partial charge on any atom is 0.302 e. The molecule has 1 aliphatic heterocycles. The van der Waals surface area contributed by atoms with E-state index < -0.39 is 10.2 Å². The number of aromatic nitrogens is 1. The minimum Gasteiger partial charge on any atom is -0.396 e. The first-order chi connectivity index (χ1) is 8.62. The Kier molecular flexibility index (Phi) is 4.15. The van der Waals surface area contributed by atoms with Crippen molar-refractivity contribution >= 4 is 16.0 Å². The predicted octanol–water partition coefficient (Wildman–Crippen LogP) is 0.443. The van der Waals surface area contributed by atoms with Crippen molar-refractivity contribution in [3.63, 3.8) is 0 Å². The molecular formula is C11H17N3O3S. The lowest BCUT2D eigenvalue weighted by Crippen LogP contribution is -2.43. The molecule has 1 aromatic rings. The molecule has 0 spiro atoms. The van der Waals surface area contributed by atoms with Gasteiger partial charge in [0.1, 0.15) is 5.82 Å². The molecule has 0 amide bonds. The highest BCUT2D eigenvalue weighted by atomic mass is 32.2. The maximum atomic E-state index is 12.1. The Morgan fingerprint density at radius 1 is 1.50 bits per heavy atom. The molecule has 0 radical (unpaired) electrons. The van der Waals surface area contributed by atoms with Crippen molar-refractivity contribution in [2.75, 3.05) is 24.4 Å². The number of aliphatic hydroxyl groups excluding tert-OH is 1. The summed E-state index contributed by atoms with van der Waals surface area (Å²) in [5.74, 6) is 0.336. The highest BCUT2D eigenvalue weighted by Crippen LogP contribution is 2.19. The van der Waals surface area contributed by atoms with Gasteiger partial charge in [0.2, 0.25) is 0 Å². The van der Waals surface area contributed by atoms with Crippen LogP contribution in [0, 0.1) is 5.92 Å². The van der Waals surface area contributed by atoms with E-state index in [1.54, 1.807) is 18.2 Å². The standard InChI is InChI=1S/C11H17N3O3S/c15-9-10-4-3-7-14(8-10)18(16,17)13-11-5-1-2-6-12-11/h1-2,5-6,10,15H,3-4,7-9H2,(H,12,13). The third-order valence-corrected chi connectivity index (χ3v) is 4.46. The smallest absolute Gasteiger partial charge is 0.302 e. The summed E-state index contributed by atoms with van der Waals surface area (Å²) in [7, 11) is -3.57. The number of aliphatic hydroxyl groups is 1. The molecule has 1 atom stereocenters. The van der Waals surface area contributed by atoms with Crippen molar-refractivity contribution in [2.24, 2.45) is 5.92 Å². The zero-order chi connectivity index (χ0) is 13.0. The van der Waals surface area contributed by atoms with Gasteiger partial charge >= 0.3 is 10.2 Å². The average Bonchev–Trinajstić information content (AvgIpc) is 2.39. The van der Waals surface area contributed by atoms with Gasteiger partial charge in [-0.2, -0.15) is 12.7 Å². The number of pyridine rings is 1. The highest BCUT2D eigenvalue weighted by Gasteiger charge is 2.28. The molecule has 1 fully saturated rings. The van der Waals surface area contributed by atoms with Crippen LogP contribution in [0.5, 0.6) is 0 Å². The van der Waals surface area contributed by atoms with Crippen molar-refractivity contribution in [1.82, 2.24) is 9.29 Å². The monoisotopic (exact) mass is 271 g/mol. The van der Waals surface area contributed by atoms with Gasteiger partial charge in [-0.1, -0.05) is 6.07 Å². The van der Waals surface area contributed by atoms with Crippen LogP contribution in [0.4, 0.5) is 5.82 Å². The van der Waals surface area contributed by atoms with E-state index in [4.69, 9.17) is 5.11 Å². The van der Waals surface area contributed by atoms with E-state index in [9.17, 15) is 8.42 Å². The molecule has 0 saturated carbocycles. The Balaban J connectivity index is 2.06. The van der Waals surface area contributed by atoms with Crippen LogP contribution >= 0.6 is 0 Å². The van der Waals surface area contributed by atoms with Gasteiger partial charge in [0, 0.05) is 25.9 Å². The van der Waals surface area contributed by atoms with Crippen molar-refractivity contribution in [3.8, 4) is 0 Å². The van der Waals surface area contributed by atoms with Crippen molar-refractivity contribution in [1.29, 1.82) is 0 Å². The summed E-state index contributed by atoms with van der Waals surface area (Å²) in [6.45, 7) is 0.868. The second-order valence-electron chi connectivity index (χ2n) is 4.37. The van der Waals surface area contributed by atoms with Gasteiger partial charge in [0.25, 0.3) is 0 Å². The number of hydrogen-bond acceptors (Lipinski definition) is 4. The maximum absolute atomic E-state index is 12.1. The highest BCUT2D eigenvalue weighted by molar-refractivity contribution is 7.90. The number of nitrogens with one attached hydrogen (secondary N) is 1. The Bertz CT molecular complexity index is 478. The van der Waals surface area contributed by atoms with Crippen molar-refractivity contribution in [3.05, 3.63) is 24.4 Å². The number of piperidine rings is 1. The van der Waals surface area contributed by atoms with E-state index in [2.05, 4.69) is 9.71 Å². The van der Waals surface area contributed by atoms with Crippen LogP contribution in [0.3, 0.4) is 0 Å². The molecule has 0 aliphatic carbocycles. The molecule has 1 aromatic heterocycles. The summed E-state index contributed by atoms with van der Waals surface area (Å²) in [5.41, 5.74) is 0. The van der Waals surface area contributed by atoms with Gasteiger partial charge in [0.15, 0.2) is 0 Å². The lowest BCUT2D eigenvalue weighted by Gasteiger charge is -2.30. The van der Waals surface area contributed by atoms with E-state index in [0.717, 1.165) is 12.8 Å². The molecule has 2 N–H and O–H groups in total. The van der Waals surface area contributed by atoms with E-state index in [1.807, 2.05) is 0 Å². The third-order valence-electron chi connectivity index (χ3n) is 2.98. The summed E-state index contributed by atoms with van der Waals surface area (Å²) in [6.07, 6.45) is 3.17. The molecule has 7 heteroatoms. The minimum atomic E-state index is -3.57. The summed E-state index contributed by atoms with van der Waals surface area (Å²) >= 11 is 0. The van der Waals surface area contributed by atoms with Crippen LogP contribution in [-0.2, 0) is 10.2 Å². The van der Waals surface area contributed by atoms with Gasteiger partial charge in [-0.15, -0.1) is 0 Å². The Labute approximate surface area is 107 Å². The van der Waals surface area contributed by atoms with E-state index in [0.29, 0.717) is 18.9 Å². The predicted molar refractivity (Wildman–Crippen MR) is 68.2 cm³/mol. The van der Waals surface area contributed by atoms with E-state index in [1.165, 1.54) is 10.5 Å². The molecule has 0 bridgehead atoms. The second kappa shape index (κ2) is 5.64. The molecule has 0 aromatic carbocycles. The van der Waals surface area contributed by atoms with E-state index >= 15 is 0 Å². The molecular weight excluding hydrogens is 254 g/mol. The van der Waals surface area contributed by atoms with Gasteiger partial charge < -0.3 is 5.11 Å². The summed E-state index contributed by atoms with van der Waals surface area (Å²) < 4.78 is 28.0. The first-order valence-corrected chi connectivity index (χ1v) is 7.35. The summed E-state index contributed by atoms with van der Waals surface area (Å²) in [5, 5.41) is 9.11. The molecule has 2 heterocycles. The number of hydrogen-bond donors (Lipinski definition) is 2. The summed E-state index contributed by atoms with van der Waals surface area (Å²) in [4.78, 5) is 3.93. The minimum absolute atomic E-state index is 0.0234. The number of rotatable bonds is 4. The fourth-order valence-electron chi connectivity index (χ4n) is 2.01. The van der Waals surface area contributed by atoms with Gasteiger partial charge in [-0.05, 0) is 30.9 Å². The fraction of sp³-hybridized carbons (Fsp3) is 0.545.